The number of carbonyl (C=O) groups is 1. The van der Waals surface area contributed by atoms with E-state index in [0.29, 0.717) is 6.61 Å². The topological polar surface area (TPSA) is 35.5 Å². The van der Waals surface area contributed by atoms with Crippen LogP contribution in [0.1, 0.15) is 41.0 Å². The SMILES string of the molecule is CCOC(C)OC(=O)C(C)(C)CC. The minimum atomic E-state index is -0.441. The van der Waals surface area contributed by atoms with Crippen LogP contribution in [0, 0.1) is 5.41 Å². The van der Waals surface area contributed by atoms with Crippen molar-refractivity contribution in [3.8, 4) is 0 Å². The van der Waals surface area contributed by atoms with Crippen LogP contribution in [-0.4, -0.2) is 18.9 Å². The Morgan fingerprint density at radius 3 is 2.31 bits per heavy atom. The molecule has 0 saturated carbocycles. The molecule has 0 spiro atoms. The molecule has 1 unspecified atom stereocenters. The lowest BCUT2D eigenvalue weighted by atomic mass is 9.91. The third kappa shape index (κ3) is 4.27. The third-order valence-corrected chi connectivity index (χ3v) is 2.11. The van der Waals surface area contributed by atoms with E-state index in [2.05, 4.69) is 0 Å². The largest absolute Gasteiger partial charge is 0.436 e. The van der Waals surface area contributed by atoms with E-state index in [1.165, 1.54) is 0 Å². The highest BCUT2D eigenvalue weighted by Crippen LogP contribution is 2.22. The van der Waals surface area contributed by atoms with Crippen molar-refractivity contribution in [3.63, 3.8) is 0 Å². The summed E-state index contributed by atoms with van der Waals surface area (Å²) in [6, 6.07) is 0. The first-order valence-corrected chi connectivity index (χ1v) is 4.76. The van der Waals surface area contributed by atoms with Crippen molar-refractivity contribution < 1.29 is 14.3 Å². The van der Waals surface area contributed by atoms with Gasteiger partial charge >= 0.3 is 5.97 Å². The zero-order valence-electron chi connectivity index (χ0n) is 9.22. The lowest BCUT2D eigenvalue weighted by molar-refractivity contribution is -0.184. The van der Waals surface area contributed by atoms with Crippen LogP contribution < -0.4 is 0 Å². The van der Waals surface area contributed by atoms with Crippen LogP contribution in [0.3, 0.4) is 0 Å². The fourth-order valence-electron chi connectivity index (χ4n) is 0.723. The van der Waals surface area contributed by atoms with Crippen LogP contribution in [0.5, 0.6) is 0 Å². The highest BCUT2D eigenvalue weighted by Gasteiger charge is 2.28. The molecule has 0 N–H and O–H groups in total. The molecule has 3 nitrogen and oxygen atoms in total. The Kier molecular flexibility index (Phi) is 4.99. The first-order valence-electron chi connectivity index (χ1n) is 4.76. The van der Waals surface area contributed by atoms with Gasteiger partial charge in [0.05, 0.1) is 5.41 Å². The lowest BCUT2D eigenvalue weighted by Crippen LogP contribution is -2.30. The summed E-state index contributed by atoms with van der Waals surface area (Å²) in [4.78, 5) is 11.5. The lowest BCUT2D eigenvalue weighted by Gasteiger charge is -2.23. The van der Waals surface area contributed by atoms with Crippen LogP contribution in [0.25, 0.3) is 0 Å². The summed E-state index contributed by atoms with van der Waals surface area (Å²) in [5.74, 6) is -0.198. The van der Waals surface area contributed by atoms with Gasteiger partial charge in [0.2, 0.25) is 0 Å². The Morgan fingerprint density at radius 1 is 1.38 bits per heavy atom. The number of hydrogen-bond donors (Lipinski definition) is 0. The molecule has 3 heteroatoms. The number of carbonyl (C=O) groups excluding carboxylic acids is 1. The van der Waals surface area contributed by atoms with E-state index < -0.39 is 11.7 Å². The Bertz CT molecular complexity index is 164. The van der Waals surface area contributed by atoms with Gasteiger partial charge < -0.3 is 9.47 Å². The van der Waals surface area contributed by atoms with Crippen LogP contribution in [0.2, 0.25) is 0 Å². The maximum absolute atomic E-state index is 11.5. The van der Waals surface area contributed by atoms with Crippen molar-refractivity contribution in [1.29, 1.82) is 0 Å². The minimum absolute atomic E-state index is 0.198. The molecule has 0 aliphatic rings. The van der Waals surface area contributed by atoms with Crippen LogP contribution in [0.4, 0.5) is 0 Å². The van der Waals surface area contributed by atoms with E-state index in [9.17, 15) is 4.79 Å². The Labute approximate surface area is 80.4 Å². The van der Waals surface area contributed by atoms with E-state index in [0.717, 1.165) is 6.42 Å². The van der Waals surface area contributed by atoms with Gasteiger partial charge in [-0.05, 0) is 34.1 Å². The third-order valence-electron chi connectivity index (χ3n) is 2.11. The predicted octanol–water partition coefficient (Wildman–Crippen LogP) is 2.35. The molecular weight excluding hydrogens is 168 g/mol. The summed E-state index contributed by atoms with van der Waals surface area (Å²) >= 11 is 0. The number of hydrogen-bond acceptors (Lipinski definition) is 3. The molecule has 0 aromatic carbocycles. The molecular formula is C10H20O3. The molecule has 0 bridgehead atoms. The van der Waals surface area contributed by atoms with E-state index in [1.54, 1.807) is 6.92 Å². The van der Waals surface area contributed by atoms with Gasteiger partial charge in [-0.3, -0.25) is 4.79 Å². The van der Waals surface area contributed by atoms with Crippen molar-refractivity contribution in [2.75, 3.05) is 6.61 Å². The Balaban J connectivity index is 3.99. The number of esters is 1. The molecule has 0 fully saturated rings. The Morgan fingerprint density at radius 2 is 1.92 bits per heavy atom. The minimum Gasteiger partial charge on any atom is -0.436 e. The Hall–Kier alpha value is -0.570. The second-order valence-corrected chi connectivity index (χ2v) is 3.67. The predicted molar refractivity (Wildman–Crippen MR) is 51.3 cm³/mol. The molecule has 0 aliphatic heterocycles. The van der Waals surface area contributed by atoms with Gasteiger partial charge in [0, 0.05) is 6.61 Å². The molecule has 0 heterocycles. The van der Waals surface area contributed by atoms with Gasteiger partial charge in [-0.15, -0.1) is 0 Å². The van der Waals surface area contributed by atoms with Crippen molar-refractivity contribution in [3.05, 3.63) is 0 Å². The average Bonchev–Trinajstić information content (AvgIpc) is 2.04. The van der Waals surface area contributed by atoms with Gasteiger partial charge in [0.15, 0.2) is 6.29 Å². The van der Waals surface area contributed by atoms with Crippen molar-refractivity contribution >= 4 is 5.97 Å². The van der Waals surface area contributed by atoms with Gasteiger partial charge in [0.25, 0.3) is 0 Å². The monoisotopic (exact) mass is 188 g/mol. The van der Waals surface area contributed by atoms with Crippen molar-refractivity contribution in [1.82, 2.24) is 0 Å². The molecule has 0 amide bonds. The smallest absolute Gasteiger partial charge is 0.313 e. The quantitative estimate of drug-likeness (QED) is 0.490. The van der Waals surface area contributed by atoms with Crippen LogP contribution in [-0.2, 0) is 14.3 Å². The standard InChI is InChI=1S/C10H20O3/c1-6-10(4,5)9(11)13-8(3)12-7-2/h8H,6-7H2,1-5H3. The summed E-state index contributed by atoms with van der Waals surface area (Å²) in [5, 5.41) is 0. The molecule has 0 aromatic heterocycles. The van der Waals surface area contributed by atoms with Gasteiger partial charge in [-0.25, -0.2) is 0 Å². The number of ether oxygens (including phenoxy) is 2. The van der Waals surface area contributed by atoms with E-state index in [1.807, 2.05) is 27.7 Å². The second kappa shape index (κ2) is 5.22. The fraction of sp³-hybridized carbons (Fsp3) is 0.900. The first-order chi connectivity index (χ1) is 5.94. The first kappa shape index (κ1) is 12.4. The average molecular weight is 188 g/mol. The zero-order valence-corrected chi connectivity index (χ0v) is 9.22. The maximum atomic E-state index is 11.5. The summed E-state index contributed by atoms with van der Waals surface area (Å²) in [6.45, 7) is 9.86. The van der Waals surface area contributed by atoms with E-state index in [-0.39, 0.29) is 5.97 Å². The fourth-order valence-corrected chi connectivity index (χ4v) is 0.723. The second-order valence-electron chi connectivity index (χ2n) is 3.67. The number of rotatable bonds is 5. The molecule has 0 radical (unpaired) electrons. The molecule has 0 aromatic rings. The highest BCUT2D eigenvalue weighted by molar-refractivity contribution is 5.75. The van der Waals surface area contributed by atoms with Crippen LogP contribution >= 0.6 is 0 Å². The highest BCUT2D eigenvalue weighted by atomic mass is 16.7. The molecule has 13 heavy (non-hydrogen) atoms. The molecule has 0 saturated heterocycles. The van der Waals surface area contributed by atoms with E-state index >= 15 is 0 Å². The maximum Gasteiger partial charge on any atom is 0.313 e. The summed E-state index contributed by atoms with van der Waals surface area (Å²) in [7, 11) is 0. The normalized spacial score (nSPS) is 13.9. The molecule has 0 aliphatic carbocycles. The van der Waals surface area contributed by atoms with Gasteiger partial charge in [-0.1, -0.05) is 6.92 Å². The van der Waals surface area contributed by atoms with Gasteiger partial charge in [0.1, 0.15) is 0 Å². The van der Waals surface area contributed by atoms with Crippen LogP contribution in [0.15, 0.2) is 0 Å². The van der Waals surface area contributed by atoms with Gasteiger partial charge in [-0.2, -0.15) is 0 Å². The van der Waals surface area contributed by atoms with Crippen molar-refractivity contribution in [2.45, 2.75) is 47.3 Å². The van der Waals surface area contributed by atoms with Crippen molar-refractivity contribution in [2.24, 2.45) is 5.41 Å². The molecule has 78 valence electrons. The van der Waals surface area contributed by atoms with E-state index in [4.69, 9.17) is 9.47 Å². The summed E-state index contributed by atoms with van der Waals surface area (Å²) < 4.78 is 10.2. The molecule has 1 atom stereocenters. The summed E-state index contributed by atoms with van der Waals surface area (Å²) in [6.07, 6.45) is 0.327. The summed E-state index contributed by atoms with van der Waals surface area (Å²) in [5.41, 5.74) is -0.411. The zero-order chi connectivity index (χ0) is 10.5. The molecule has 0 rings (SSSR count).